The monoisotopic (exact) mass is 364 g/mol. The maximum absolute atomic E-state index is 12.4. The second-order valence-corrected chi connectivity index (χ2v) is 7.69. The predicted molar refractivity (Wildman–Crippen MR) is 101 cm³/mol. The molecule has 2 saturated heterocycles. The number of rotatable bonds is 4. The molecule has 0 radical (unpaired) electrons. The molecule has 3 rings (SSSR count). The van der Waals surface area contributed by atoms with Gasteiger partial charge in [-0.2, -0.15) is 0 Å². The molecular formula is C18H28N4O2S. The van der Waals surface area contributed by atoms with Gasteiger partial charge in [0.05, 0.1) is 6.54 Å². The first-order valence-corrected chi connectivity index (χ1v) is 9.96. The highest BCUT2D eigenvalue weighted by atomic mass is 32.1. The van der Waals surface area contributed by atoms with Gasteiger partial charge in [0.15, 0.2) is 5.96 Å². The zero-order valence-corrected chi connectivity index (χ0v) is 16.0. The average molecular weight is 365 g/mol. The van der Waals surface area contributed by atoms with Gasteiger partial charge in [0.25, 0.3) is 5.91 Å². The van der Waals surface area contributed by atoms with Crippen molar-refractivity contribution in [3.8, 4) is 0 Å². The van der Waals surface area contributed by atoms with Crippen LogP contribution in [0, 0.1) is 0 Å². The van der Waals surface area contributed by atoms with E-state index in [1.165, 1.54) is 9.75 Å². The van der Waals surface area contributed by atoms with Crippen LogP contribution in [0.4, 0.5) is 0 Å². The summed E-state index contributed by atoms with van der Waals surface area (Å²) in [5.41, 5.74) is 0. The van der Waals surface area contributed by atoms with Crippen LogP contribution < -0.4 is 5.32 Å². The summed E-state index contributed by atoms with van der Waals surface area (Å²) in [6.45, 7) is 6.78. The highest BCUT2D eigenvalue weighted by Gasteiger charge is 2.30. The molecule has 0 saturated carbocycles. The van der Waals surface area contributed by atoms with Crippen LogP contribution >= 0.6 is 11.3 Å². The SMILES string of the molecule is CCc1ccc(CNC(=NC)N2CCN(C(=O)C3CCCO3)CC2)s1. The lowest BCUT2D eigenvalue weighted by atomic mass is 10.2. The third-order valence-corrected chi connectivity index (χ3v) is 6.02. The molecule has 1 unspecified atom stereocenters. The summed E-state index contributed by atoms with van der Waals surface area (Å²) >= 11 is 1.85. The standard InChI is InChI=1S/C18H28N4O2S/c1-3-14-6-7-15(25-14)13-20-18(19-2)22-10-8-21(9-11-22)17(23)16-5-4-12-24-16/h6-7,16H,3-5,8-13H2,1-2H3,(H,19,20). The van der Waals surface area contributed by atoms with Crippen LogP contribution in [-0.2, 0) is 22.5 Å². The molecule has 1 aromatic rings. The van der Waals surface area contributed by atoms with E-state index in [0.717, 1.165) is 64.6 Å². The summed E-state index contributed by atoms with van der Waals surface area (Å²) in [5.74, 6) is 1.07. The van der Waals surface area contributed by atoms with Crippen molar-refractivity contribution in [3.63, 3.8) is 0 Å². The number of hydrogen-bond donors (Lipinski definition) is 1. The number of aryl methyl sites for hydroxylation is 1. The summed E-state index contributed by atoms with van der Waals surface area (Å²) in [4.78, 5) is 23.7. The lowest BCUT2D eigenvalue weighted by Gasteiger charge is -2.37. The molecule has 25 heavy (non-hydrogen) atoms. The van der Waals surface area contributed by atoms with Crippen molar-refractivity contribution in [2.75, 3.05) is 39.8 Å². The van der Waals surface area contributed by atoms with E-state index in [2.05, 4.69) is 34.3 Å². The number of carbonyl (C=O) groups excluding carboxylic acids is 1. The average Bonchev–Trinajstić information content (AvgIpc) is 3.34. The summed E-state index contributed by atoms with van der Waals surface area (Å²) in [5, 5.41) is 3.45. The van der Waals surface area contributed by atoms with Gasteiger partial charge in [0.2, 0.25) is 0 Å². The zero-order valence-electron chi connectivity index (χ0n) is 15.2. The Kier molecular flexibility index (Phi) is 6.31. The number of guanidine groups is 1. The van der Waals surface area contributed by atoms with Crippen LogP contribution in [0.15, 0.2) is 17.1 Å². The molecule has 2 aliphatic rings. The first kappa shape index (κ1) is 18.2. The second-order valence-electron chi connectivity index (χ2n) is 6.44. The highest BCUT2D eigenvalue weighted by molar-refractivity contribution is 7.11. The predicted octanol–water partition coefficient (Wildman–Crippen LogP) is 1.71. The minimum absolute atomic E-state index is 0.158. The van der Waals surface area contributed by atoms with E-state index in [1.54, 1.807) is 0 Å². The molecule has 138 valence electrons. The Hall–Kier alpha value is -1.60. The molecule has 0 spiro atoms. The third kappa shape index (κ3) is 4.52. The number of ether oxygens (including phenoxy) is 1. The number of nitrogens with one attached hydrogen (secondary N) is 1. The van der Waals surface area contributed by atoms with E-state index >= 15 is 0 Å². The first-order valence-electron chi connectivity index (χ1n) is 9.15. The Morgan fingerprint density at radius 3 is 2.60 bits per heavy atom. The lowest BCUT2D eigenvalue weighted by Crippen LogP contribution is -2.55. The molecule has 3 heterocycles. The third-order valence-electron chi connectivity index (χ3n) is 4.79. The summed E-state index contributed by atoms with van der Waals surface area (Å²) in [6, 6.07) is 4.38. The Bertz CT molecular complexity index is 602. The van der Waals surface area contributed by atoms with Crippen LogP contribution in [-0.4, -0.2) is 67.6 Å². The van der Waals surface area contributed by atoms with E-state index in [9.17, 15) is 4.79 Å². The smallest absolute Gasteiger partial charge is 0.251 e. The summed E-state index contributed by atoms with van der Waals surface area (Å²) in [6.07, 6.45) is 2.73. The molecule has 1 amide bonds. The molecule has 2 fully saturated rings. The number of piperazine rings is 1. The molecular weight excluding hydrogens is 336 g/mol. The van der Waals surface area contributed by atoms with Crippen LogP contribution in [0.1, 0.15) is 29.5 Å². The van der Waals surface area contributed by atoms with Gasteiger partial charge in [0, 0.05) is 49.6 Å². The minimum atomic E-state index is -0.212. The van der Waals surface area contributed by atoms with E-state index in [4.69, 9.17) is 4.74 Å². The first-order chi connectivity index (χ1) is 12.2. The fourth-order valence-corrected chi connectivity index (χ4v) is 4.22. The fourth-order valence-electron chi connectivity index (χ4n) is 3.32. The Balaban J connectivity index is 1.47. The quantitative estimate of drug-likeness (QED) is 0.653. The molecule has 7 heteroatoms. The molecule has 0 bridgehead atoms. The maximum atomic E-state index is 12.4. The van der Waals surface area contributed by atoms with Crippen LogP contribution in [0.5, 0.6) is 0 Å². The lowest BCUT2D eigenvalue weighted by molar-refractivity contribution is -0.142. The molecule has 1 N–H and O–H groups in total. The van der Waals surface area contributed by atoms with Gasteiger partial charge in [-0.05, 0) is 31.4 Å². The Labute approximate surface area is 153 Å². The van der Waals surface area contributed by atoms with E-state index in [1.807, 2.05) is 23.3 Å². The topological polar surface area (TPSA) is 57.2 Å². The number of hydrogen-bond acceptors (Lipinski definition) is 4. The van der Waals surface area contributed by atoms with Crippen molar-refractivity contribution < 1.29 is 9.53 Å². The highest BCUT2D eigenvalue weighted by Crippen LogP contribution is 2.17. The summed E-state index contributed by atoms with van der Waals surface area (Å²) < 4.78 is 5.52. The second kappa shape index (κ2) is 8.67. The van der Waals surface area contributed by atoms with Crippen LogP contribution in [0.2, 0.25) is 0 Å². The Morgan fingerprint density at radius 2 is 2.00 bits per heavy atom. The molecule has 2 aliphatic heterocycles. The molecule has 0 aliphatic carbocycles. The number of nitrogens with zero attached hydrogens (tertiary/aromatic N) is 3. The minimum Gasteiger partial charge on any atom is -0.368 e. The van der Waals surface area contributed by atoms with Crippen molar-refractivity contribution in [1.82, 2.24) is 15.1 Å². The number of aliphatic imine (C=N–C) groups is 1. The van der Waals surface area contributed by atoms with Crippen molar-refractivity contribution in [3.05, 3.63) is 21.9 Å². The molecule has 6 nitrogen and oxygen atoms in total. The number of carbonyl (C=O) groups is 1. The Morgan fingerprint density at radius 1 is 1.28 bits per heavy atom. The van der Waals surface area contributed by atoms with E-state index in [0.29, 0.717) is 0 Å². The van der Waals surface area contributed by atoms with Gasteiger partial charge < -0.3 is 19.9 Å². The van der Waals surface area contributed by atoms with E-state index < -0.39 is 0 Å². The van der Waals surface area contributed by atoms with Gasteiger partial charge in [-0.3, -0.25) is 9.79 Å². The van der Waals surface area contributed by atoms with Crippen LogP contribution in [0.3, 0.4) is 0 Å². The van der Waals surface area contributed by atoms with E-state index in [-0.39, 0.29) is 12.0 Å². The van der Waals surface area contributed by atoms with Gasteiger partial charge >= 0.3 is 0 Å². The van der Waals surface area contributed by atoms with Gasteiger partial charge in [0.1, 0.15) is 6.10 Å². The number of amides is 1. The van der Waals surface area contributed by atoms with Crippen molar-refractivity contribution in [1.29, 1.82) is 0 Å². The van der Waals surface area contributed by atoms with Crippen molar-refractivity contribution in [2.45, 2.75) is 38.8 Å². The number of thiophene rings is 1. The normalized spacial score (nSPS) is 21.7. The maximum Gasteiger partial charge on any atom is 0.251 e. The van der Waals surface area contributed by atoms with Gasteiger partial charge in [-0.15, -0.1) is 11.3 Å². The van der Waals surface area contributed by atoms with Crippen LogP contribution in [0.25, 0.3) is 0 Å². The fraction of sp³-hybridized carbons (Fsp3) is 0.667. The van der Waals surface area contributed by atoms with Crippen molar-refractivity contribution in [2.24, 2.45) is 4.99 Å². The van der Waals surface area contributed by atoms with Gasteiger partial charge in [-0.25, -0.2) is 0 Å². The molecule has 0 aromatic carbocycles. The van der Waals surface area contributed by atoms with Gasteiger partial charge in [-0.1, -0.05) is 6.92 Å². The molecule has 1 aromatic heterocycles. The summed E-state index contributed by atoms with van der Waals surface area (Å²) in [7, 11) is 1.82. The molecule has 1 atom stereocenters. The van der Waals surface area contributed by atoms with Crippen molar-refractivity contribution >= 4 is 23.2 Å². The largest absolute Gasteiger partial charge is 0.368 e. The zero-order chi connectivity index (χ0) is 17.6.